The molecule has 4 heteroatoms. The van der Waals surface area contributed by atoms with Crippen LogP contribution in [0.1, 0.15) is 26.5 Å². The van der Waals surface area contributed by atoms with Crippen molar-refractivity contribution in [2.24, 2.45) is 0 Å². The van der Waals surface area contributed by atoms with E-state index in [-0.39, 0.29) is 5.04 Å². The molecule has 0 aliphatic heterocycles. The Morgan fingerprint density at radius 2 is 2.00 bits per heavy atom. The van der Waals surface area contributed by atoms with E-state index in [2.05, 4.69) is 45.9 Å². The summed E-state index contributed by atoms with van der Waals surface area (Å²) in [5.41, 5.74) is 1.19. The third-order valence-corrected chi connectivity index (χ3v) is 8.04. The zero-order valence-corrected chi connectivity index (χ0v) is 12.4. The Balaban J connectivity index is 2.45. The number of nitrogens with zero attached hydrogens (tertiary/aromatic N) is 2. The van der Waals surface area contributed by atoms with Gasteiger partial charge in [0.2, 0.25) is 0 Å². The van der Waals surface area contributed by atoms with Crippen LogP contribution in [0, 0.1) is 6.92 Å². The van der Waals surface area contributed by atoms with Crippen LogP contribution >= 0.6 is 0 Å². The highest BCUT2D eigenvalue weighted by Crippen LogP contribution is 2.36. The third kappa shape index (κ3) is 3.19. The van der Waals surface area contributed by atoms with Gasteiger partial charge < -0.3 is 4.43 Å². The molecule has 0 aromatic carbocycles. The van der Waals surface area contributed by atoms with E-state index >= 15 is 0 Å². The van der Waals surface area contributed by atoms with E-state index < -0.39 is 8.32 Å². The molecule has 0 amide bonds. The van der Waals surface area contributed by atoms with Crippen LogP contribution in [-0.4, -0.2) is 24.7 Å². The number of aryl methyl sites for hydroxylation is 1. The van der Waals surface area contributed by atoms with Crippen LogP contribution in [0.5, 0.6) is 0 Å². The van der Waals surface area contributed by atoms with Crippen molar-refractivity contribution < 1.29 is 4.43 Å². The van der Waals surface area contributed by atoms with Gasteiger partial charge in [-0.2, -0.15) is 5.10 Å². The largest absolute Gasteiger partial charge is 0.415 e. The molecule has 0 radical (unpaired) electrons. The molecule has 0 fully saturated rings. The molecule has 3 nitrogen and oxygen atoms in total. The molecular formula is C12H24N2OSi. The van der Waals surface area contributed by atoms with Crippen LogP contribution in [0.25, 0.3) is 0 Å². The summed E-state index contributed by atoms with van der Waals surface area (Å²) >= 11 is 0. The topological polar surface area (TPSA) is 27.1 Å². The van der Waals surface area contributed by atoms with E-state index in [1.165, 1.54) is 5.69 Å². The van der Waals surface area contributed by atoms with E-state index in [0.717, 1.165) is 13.2 Å². The minimum atomic E-state index is -1.60. The second-order valence-corrected chi connectivity index (χ2v) is 10.6. The van der Waals surface area contributed by atoms with Gasteiger partial charge in [0, 0.05) is 11.9 Å². The maximum atomic E-state index is 6.10. The first-order chi connectivity index (χ1) is 7.24. The van der Waals surface area contributed by atoms with E-state index in [0.29, 0.717) is 0 Å². The van der Waals surface area contributed by atoms with Gasteiger partial charge in [-0.1, -0.05) is 20.8 Å². The Bertz CT molecular complexity index is 339. The molecule has 0 saturated carbocycles. The molecule has 0 bridgehead atoms. The monoisotopic (exact) mass is 240 g/mol. The lowest BCUT2D eigenvalue weighted by Gasteiger charge is -2.36. The molecule has 92 valence electrons. The zero-order valence-electron chi connectivity index (χ0n) is 11.4. The Hall–Kier alpha value is -0.613. The number of hydrogen-bond donors (Lipinski definition) is 0. The average molecular weight is 240 g/mol. The number of aromatic nitrogens is 2. The average Bonchev–Trinajstić information content (AvgIpc) is 2.49. The Labute approximate surface area is 99.9 Å². The minimum Gasteiger partial charge on any atom is -0.415 e. The molecule has 0 atom stereocenters. The van der Waals surface area contributed by atoms with Crippen molar-refractivity contribution in [1.82, 2.24) is 9.78 Å². The van der Waals surface area contributed by atoms with Gasteiger partial charge in [0.1, 0.15) is 0 Å². The second-order valence-electron chi connectivity index (χ2n) is 5.80. The van der Waals surface area contributed by atoms with Gasteiger partial charge >= 0.3 is 0 Å². The van der Waals surface area contributed by atoms with E-state index in [4.69, 9.17) is 4.43 Å². The van der Waals surface area contributed by atoms with Gasteiger partial charge in [-0.15, -0.1) is 0 Å². The Morgan fingerprint density at radius 3 is 2.44 bits per heavy atom. The first kappa shape index (κ1) is 13.5. The van der Waals surface area contributed by atoms with Gasteiger partial charge in [-0.25, -0.2) is 0 Å². The smallest absolute Gasteiger partial charge is 0.192 e. The van der Waals surface area contributed by atoms with Crippen molar-refractivity contribution >= 4 is 8.32 Å². The Kier molecular flexibility index (Phi) is 3.96. The first-order valence-corrected chi connectivity index (χ1v) is 8.77. The van der Waals surface area contributed by atoms with E-state index in [1.807, 2.05) is 16.9 Å². The fourth-order valence-corrected chi connectivity index (χ4v) is 2.27. The fourth-order valence-electron chi connectivity index (χ4n) is 1.24. The lowest BCUT2D eigenvalue weighted by atomic mass is 10.2. The predicted molar refractivity (Wildman–Crippen MR) is 70.1 cm³/mol. The summed E-state index contributed by atoms with van der Waals surface area (Å²) < 4.78 is 8.09. The van der Waals surface area contributed by atoms with Crippen LogP contribution < -0.4 is 0 Å². The van der Waals surface area contributed by atoms with Crippen molar-refractivity contribution in [2.45, 2.75) is 52.4 Å². The molecule has 0 aliphatic rings. The highest BCUT2D eigenvalue weighted by molar-refractivity contribution is 6.74. The SMILES string of the molecule is Cc1ccnn1CCO[Si](C)(C)C(C)(C)C. The van der Waals surface area contributed by atoms with Crippen molar-refractivity contribution in [1.29, 1.82) is 0 Å². The molecule has 0 spiro atoms. The van der Waals surface area contributed by atoms with Gasteiger partial charge in [-0.3, -0.25) is 4.68 Å². The van der Waals surface area contributed by atoms with Gasteiger partial charge in [0.25, 0.3) is 0 Å². The van der Waals surface area contributed by atoms with Crippen LogP contribution in [-0.2, 0) is 11.0 Å². The highest BCUT2D eigenvalue weighted by atomic mass is 28.4. The maximum absolute atomic E-state index is 6.10. The minimum absolute atomic E-state index is 0.284. The lowest BCUT2D eigenvalue weighted by Crippen LogP contribution is -2.41. The molecule has 1 aromatic heterocycles. The zero-order chi connectivity index (χ0) is 12.4. The van der Waals surface area contributed by atoms with E-state index in [1.54, 1.807) is 0 Å². The Morgan fingerprint density at radius 1 is 1.38 bits per heavy atom. The predicted octanol–water partition coefficient (Wildman–Crippen LogP) is 3.21. The highest BCUT2D eigenvalue weighted by Gasteiger charge is 2.36. The summed E-state index contributed by atoms with van der Waals surface area (Å²) in [6, 6.07) is 2.02. The first-order valence-electron chi connectivity index (χ1n) is 5.86. The van der Waals surface area contributed by atoms with Gasteiger partial charge in [0.05, 0.1) is 13.2 Å². The molecule has 1 rings (SSSR count). The lowest BCUT2D eigenvalue weighted by molar-refractivity contribution is 0.265. The van der Waals surface area contributed by atoms with Crippen molar-refractivity contribution in [3.05, 3.63) is 18.0 Å². The number of rotatable bonds is 4. The van der Waals surface area contributed by atoms with Gasteiger partial charge in [0.15, 0.2) is 8.32 Å². The van der Waals surface area contributed by atoms with Crippen molar-refractivity contribution in [3.63, 3.8) is 0 Å². The molecule has 0 saturated heterocycles. The molecule has 0 unspecified atom stereocenters. The van der Waals surface area contributed by atoms with Crippen molar-refractivity contribution in [3.8, 4) is 0 Å². The van der Waals surface area contributed by atoms with Crippen LogP contribution in [0.4, 0.5) is 0 Å². The summed E-state index contributed by atoms with van der Waals surface area (Å²) in [6.45, 7) is 15.0. The van der Waals surface area contributed by atoms with Crippen LogP contribution in [0.2, 0.25) is 18.1 Å². The van der Waals surface area contributed by atoms with Gasteiger partial charge in [-0.05, 0) is 31.1 Å². The molecule has 16 heavy (non-hydrogen) atoms. The molecule has 0 N–H and O–H groups in total. The summed E-state index contributed by atoms with van der Waals surface area (Å²) in [5, 5.41) is 4.53. The summed E-state index contributed by atoms with van der Waals surface area (Å²) in [7, 11) is -1.60. The molecule has 0 aliphatic carbocycles. The van der Waals surface area contributed by atoms with E-state index in [9.17, 15) is 0 Å². The second kappa shape index (κ2) is 4.71. The van der Waals surface area contributed by atoms with Crippen LogP contribution in [0.15, 0.2) is 12.3 Å². The number of hydrogen-bond acceptors (Lipinski definition) is 2. The third-order valence-electron chi connectivity index (χ3n) is 3.50. The molecule has 1 heterocycles. The summed E-state index contributed by atoms with van der Waals surface area (Å²) in [5.74, 6) is 0. The summed E-state index contributed by atoms with van der Waals surface area (Å²) in [4.78, 5) is 0. The summed E-state index contributed by atoms with van der Waals surface area (Å²) in [6.07, 6.45) is 1.83. The van der Waals surface area contributed by atoms with Crippen LogP contribution in [0.3, 0.4) is 0 Å². The maximum Gasteiger partial charge on any atom is 0.192 e. The normalized spacial score (nSPS) is 13.1. The molecule has 1 aromatic rings. The van der Waals surface area contributed by atoms with Crippen molar-refractivity contribution in [2.75, 3.05) is 6.61 Å². The molecular weight excluding hydrogens is 216 g/mol. The standard InChI is InChI=1S/C12H24N2OSi/c1-11-7-8-13-14(11)9-10-15-16(5,6)12(2,3)4/h7-8H,9-10H2,1-6H3. The fraction of sp³-hybridized carbons (Fsp3) is 0.750. The quantitative estimate of drug-likeness (QED) is 0.756.